The first-order valence-electron chi connectivity index (χ1n) is 25.1. The van der Waals surface area contributed by atoms with Crippen LogP contribution in [0.2, 0.25) is 0 Å². The van der Waals surface area contributed by atoms with Gasteiger partial charge in [0.25, 0.3) is 11.8 Å². The molecule has 9 amide bonds. The lowest BCUT2D eigenvalue weighted by atomic mass is 9.78. The average molecular weight is 1020 g/mol. The lowest BCUT2D eigenvalue weighted by Gasteiger charge is -2.31. The highest BCUT2D eigenvalue weighted by Gasteiger charge is 2.34. The Kier molecular flexibility index (Phi) is 31.3. The number of hydroxylamine groups is 6. The number of esters is 1. The van der Waals surface area contributed by atoms with E-state index in [9.17, 15) is 63.6 Å². The van der Waals surface area contributed by atoms with E-state index in [0.29, 0.717) is 118 Å². The Balaban J connectivity index is 1.44. The van der Waals surface area contributed by atoms with E-state index in [2.05, 4.69) is 26.6 Å². The SMILES string of the molecule is CC(=O)N(O)CCCCCNC(=O)CCC(=O)N(O)CCCCCNC(=O)CCC(=O)N(O)CCCCCNCC(=O)O[C@@H]1/C=C\CC[C@](C)(C(=O)NCCOCCNC(=O)CCN2C(=O)C=CC2=O)CC1. The molecule has 0 aromatic heterocycles. The fraction of sp³-hybridized carbons (Fsp3) is 0.708. The first-order valence-corrected chi connectivity index (χ1v) is 25.1. The smallest absolute Gasteiger partial charge is 0.320 e. The Labute approximate surface area is 421 Å². The Morgan fingerprint density at radius 3 is 1.69 bits per heavy atom. The summed E-state index contributed by atoms with van der Waals surface area (Å²) in [5.74, 6) is -4.02. The number of imide groups is 1. The second-order valence-electron chi connectivity index (χ2n) is 18.0. The minimum absolute atomic E-state index is 0.00102. The normalized spacial score (nSPS) is 16.8. The van der Waals surface area contributed by atoms with Gasteiger partial charge >= 0.3 is 5.97 Å². The molecule has 1 heterocycles. The summed E-state index contributed by atoms with van der Waals surface area (Å²) in [4.78, 5) is 122. The third-order valence-corrected chi connectivity index (χ3v) is 11.9. The van der Waals surface area contributed by atoms with E-state index >= 15 is 0 Å². The van der Waals surface area contributed by atoms with Crippen LogP contribution in [-0.4, -0.2) is 180 Å². The molecule has 0 radical (unpaired) electrons. The summed E-state index contributed by atoms with van der Waals surface area (Å²) in [5, 5.41) is 45.3. The number of hydrogen-bond acceptors (Lipinski definition) is 16. The molecule has 0 saturated carbocycles. The maximum absolute atomic E-state index is 13.1. The van der Waals surface area contributed by atoms with Gasteiger partial charge in [-0.05, 0) is 89.7 Å². The molecule has 0 aromatic carbocycles. The van der Waals surface area contributed by atoms with Crippen molar-refractivity contribution in [3.63, 3.8) is 0 Å². The van der Waals surface area contributed by atoms with Gasteiger partial charge in [-0.1, -0.05) is 19.4 Å². The van der Waals surface area contributed by atoms with E-state index in [1.165, 1.54) is 6.92 Å². The van der Waals surface area contributed by atoms with Crippen LogP contribution in [0.1, 0.15) is 129 Å². The molecule has 8 N–H and O–H groups in total. The van der Waals surface area contributed by atoms with Crippen LogP contribution >= 0.6 is 0 Å². The van der Waals surface area contributed by atoms with Crippen molar-refractivity contribution >= 4 is 59.1 Å². The standard InChI is InChI=1S/C48H79N9O15/c1-37(58)55(68)30-11-4-9-26-50-39(59)16-18-45(65)57(70)32-13-5-10-27-51-40(60)15-17-44(64)56(69)31-12-3-8-25-49-36-46(66)72-38-14-6-7-23-48(2,24-21-38)47(67)53-29-35-71-34-28-52-41(61)22-33-54-42(62)19-20-43(54)63/h6,14,19-20,38,49,68-70H,3-5,7-13,15-18,21-36H2,1-2H3,(H,50,59)(H,51,60)(H,52,61)(H,53,67)/b14-6-/t38-,48+/m1/s1. The van der Waals surface area contributed by atoms with Crippen molar-refractivity contribution in [3.05, 3.63) is 24.3 Å². The van der Waals surface area contributed by atoms with Gasteiger partial charge in [0.1, 0.15) is 6.10 Å². The lowest BCUT2D eigenvalue weighted by molar-refractivity contribution is -0.166. The van der Waals surface area contributed by atoms with Gasteiger partial charge in [-0.2, -0.15) is 0 Å². The van der Waals surface area contributed by atoms with E-state index in [0.717, 1.165) is 17.1 Å². The monoisotopic (exact) mass is 1020 g/mol. The number of carbonyl (C=O) groups excluding carboxylic acids is 10. The largest absolute Gasteiger partial charge is 0.457 e. The van der Waals surface area contributed by atoms with Gasteiger partial charge < -0.3 is 36.1 Å². The summed E-state index contributed by atoms with van der Waals surface area (Å²) in [7, 11) is 0. The summed E-state index contributed by atoms with van der Waals surface area (Å²) in [6.45, 7) is 5.70. The molecule has 0 fully saturated rings. The van der Waals surface area contributed by atoms with Crippen LogP contribution in [0.4, 0.5) is 0 Å². The number of unbranched alkanes of at least 4 members (excludes halogenated alkanes) is 6. The highest BCUT2D eigenvalue weighted by Crippen LogP contribution is 2.33. The van der Waals surface area contributed by atoms with Crippen LogP contribution in [0.25, 0.3) is 0 Å². The van der Waals surface area contributed by atoms with Crippen molar-refractivity contribution in [2.24, 2.45) is 5.41 Å². The lowest BCUT2D eigenvalue weighted by Crippen LogP contribution is -2.41. The summed E-state index contributed by atoms with van der Waals surface area (Å²) in [6.07, 6.45) is 12.7. The molecule has 2 rings (SSSR count). The highest BCUT2D eigenvalue weighted by atomic mass is 16.5. The number of carbonyl (C=O) groups is 10. The van der Waals surface area contributed by atoms with Crippen LogP contribution in [0.5, 0.6) is 0 Å². The summed E-state index contributed by atoms with van der Waals surface area (Å²) >= 11 is 0. The maximum Gasteiger partial charge on any atom is 0.320 e. The Hall–Kier alpha value is -5.82. The van der Waals surface area contributed by atoms with E-state index in [-0.39, 0.29) is 115 Å². The minimum atomic E-state index is -0.681. The molecular formula is C48H79N9O15. The summed E-state index contributed by atoms with van der Waals surface area (Å²) in [6, 6.07) is 0. The quantitative estimate of drug-likeness (QED) is 0.0108. The number of ether oxygens (including phenoxy) is 2. The predicted octanol–water partition coefficient (Wildman–Crippen LogP) is 1.17. The molecule has 24 heteroatoms. The van der Waals surface area contributed by atoms with Crippen molar-refractivity contribution in [2.45, 2.75) is 136 Å². The van der Waals surface area contributed by atoms with Gasteiger partial charge in [0.05, 0.1) is 19.8 Å². The number of amides is 9. The number of rotatable bonds is 37. The molecule has 2 atom stereocenters. The predicted molar refractivity (Wildman–Crippen MR) is 258 cm³/mol. The van der Waals surface area contributed by atoms with Gasteiger partial charge in [0.15, 0.2) is 0 Å². The van der Waals surface area contributed by atoms with Gasteiger partial charge in [-0.3, -0.25) is 68.5 Å². The topological polar surface area (TPSA) is 323 Å². The molecule has 1 aliphatic carbocycles. The summed E-state index contributed by atoms with van der Waals surface area (Å²) < 4.78 is 11.2. The first kappa shape index (κ1) is 62.3. The highest BCUT2D eigenvalue weighted by molar-refractivity contribution is 6.13. The molecule has 0 unspecified atom stereocenters. The van der Waals surface area contributed by atoms with Crippen LogP contribution in [0.3, 0.4) is 0 Å². The van der Waals surface area contributed by atoms with Crippen LogP contribution < -0.4 is 26.6 Å². The first-order chi connectivity index (χ1) is 34.4. The molecule has 0 spiro atoms. The summed E-state index contributed by atoms with van der Waals surface area (Å²) in [5.41, 5.74) is -0.681. The second kappa shape index (κ2) is 36.1. The molecular weight excluding hydrogens is 943 g/mol. The van der Waals surface area contributed by atoms with Crippen LogP contribution in [0.15, 0.2) is 24.3 Å². The van der Waals surface area contributed by atoms with Gasteiger partial charge in [-0.15, -0.1) is 0 Å². The molecule has 0 saturated heterocycles. The molecule has 72 heavy (non-hydrogen) atoms. The van der Waals surface area contributed by atoms with E-state index in [1.54, 1.807) is 0 Å². The average Bonchev–Trinajstić information content (AvgIpc) is 3.67. The van der Waals surface area contributed by atoms with Crippen molar-refractivity contribution < 1.29 is 73.0 Å². The van der Waals surface area contributed by atoms with E-state index in [4.69, 9.17) is 9.47 Å². The molecule has 24 nitrogen and oxygen atoms in total. The van der Waals surface area contributed by atoms with Crippen molar-refractivity contribution in [1.29, 1.82) is 0 Å². The third kappa shape index (κ3) is 27.7. The third-order valence-electron chi connectivity index (χ3n) is 11.9. The Morgan fingerprint density at radius 2 is 1.14 bits per heavy atom. The zero-order chi connectivity index (χ0) is 53.2. The molecule has 0 bridgehead atoms. The molecule has 1 aliphatic heterocycles. The van der Waals surface area contributed by atoms with E-state index in [1.807, 2.05) is 19.1 Å². The second-order valence-corrected chi connectivity index (χ2v) is 18.0. The molecule has 0 aromatic rings. The van der Waals surface area contributed by atoms with Gasteiger partial charge in [0, 0.05) is 109 Å². The van der Waals surface area contributed by atoms with Gasteiger partial charge in [-0.25, -0.2) is 15.2 Å². The number of allylic oxidation sites excluding steroid dienone is 1. The molecule has 406 valence electrons. The van der Waals surface area contributed by atoms with Crippen molar-refractivity contribution in [2.75, 3.05) is 78.7 Å². The van der Waals surface area contributed by atoms with Crippen molar-refractivity contribution in [1.82, 2.24) is 46.7 Å². The van der Waals surface area contributed by atoms with Crippen LogP contribution in [0, 0.1) is 5.41 Å². The number of hydrogen-bond donors (Lipinski definition) is 8. The minimum Gasteiger partial charge on any atom is -0.457 e. The van der Waals surface area contributed by atoms with Gasteiger partial charge in [0.2, 0.25) is 41.4 Å². The van der Waals surface area contributed by atoms with Crippen molar-refractivity contribution in [3.8, 4) is 0 Å². The number of nitrogens with zero attached hydrogens (tertiary/aromatic N) is 4. The maximum atomic E-state index is 13.1. The zero-order valence-corrected chi connectivity index (χ0v) is 42.1. The Morgan fingerprint density at radius 1 is 0.639 bits per heavy atom. The fourth-order valence-corrected chi connectivity index (χ4v) is 7.38. The number of nitrogens with one attached hydrogen (secondary N) is 5. The fourth-order valence-electron chi connectivity index (χ4n) is 7.38. The van der Waals surface area contributed by atoms with E-state index < -0.39 is 47.0 Å². The van der Waals surface area contributed by atoms with Crippen LogP contribution in [-0.2, 0) is 57.4 Å². The zero-order valence-electron chi connectivity index (χ0n) is 42.1. The Bertz CT molecular complexity index is 1820. The molecule has 2 aliphatic rings.